The van der Waals surface area contributed by atoms with Gasteiger partial charge in [-0.1, -0.05) is 49.2 Å². The molecule has 0 unspecified atom stereocenters. The molecule has 0 radical (unpaired) electrons. The van der Waals surface area contributed by atoms with Crippen molar-refractivity contribution in [3.05, 3.63) is 30.3 Å². The van der Waals surface area contributed by atoms with Crippen molar-refractivity contribution in [3.63, 3.8) is 0 Å². The Morgan fingerprint density at radius 2 is 1.75 bits per heavy atom. The fourth-order valence-electron chi connectivity index (χ4n) is 3.28. The number of hydrogen-bond donors (Lipinski definition) is 0. The molecule has 1 saturated carbocycles. The number of urea groups is 1. The van der Waals surface area contributed by atoms with E-state index in [1.165, 1.54) is 19.3 Å². The topological polar surface area (TPSA) is 35.9 Å². The second-order valence-electron chi connectivity index (χ2n) is 7.55. The number of benzene rings is 1. The van der Waals surface area contributed by atoms with E-state index < -0.39 is 0 Å². The molecule has 1 aromatic carbocycles. The number of carbonyl (C=O) groups is 1. The third kappa shape index (κ3) is 3.94. The van der Waals surface area contributed by atoms with Crippen LogP contribution in [-0.2, 0) is 0 Å². The third-order valence-electron chi connectivity index (χ3n) is 4.40. The molecular weight excluding hydrogens is 318 g/mol. The monoisotopic (exact) mass is 345 g/mol. The van der Waals surface area contributed by atoms with E-state index in [1.807, 2.05) is 40.1 Å². The fourth-order valence-corrected chi connectivity index (χ4v) is 4.49. The van der Waals surface area contributed by atoms with Gasteiger partial charge in [0.05, 0.1) is 11.4 Å². The summed E-state index contributed by atoms with van der Waals surface area (Å²) in [5.41, 5.74) is 0.787. The molecule has 2 amide bonds. The Balaban J connectivity index is 1.91. The van der Waals surface area contributed by atoms with Gasteiger partial charge >= 0.3 is 6.03 Å². The van der Waals surface area contributed by atoms with Crippen LogP contribution in [0.25, 0.3) is 0 Å². The summed E-state index contributed by atoms with van der Waals surface area (Å²) in [5, 5.41) is 0.895. The number of anilines is 1. The highest BCUT2D eigenvalue weighted by molar-refractivity contribution is 8.14. The first-order valence-electron chi connectivity index (χ1n) is 8.84. The molecule has 3 rings (SSSR count). The largest absolute Gasteiger partial charge is 0.331 e. The van der Waals surface area contributed by atoms with Crippen LogP contribution in [0.2, 0.25) is 0 Å². The molecule has 5 heteroatoms. The molecule has 0 bridgehead atoms. The first kappa shape index (κ1) is 17.3. The summed E-state index contributed by atoms with van der Waals surface area (Å²) in [5.74, 6) is 0.626. The number of amidine groups is 1. The zero-order valence-electron chi connectivity index (χ0n) is 14.9. The maximum Gasteiger partial charge on any atom is 0.331 e. The van der Waals surface area contributed by atoms with Crippen molar-refractivity contribution in [3.8, 4) is 0 Å². The van der Waals surface area contributed by atoms with Gasteiger partial charge in [-0.15, -0.1) is 0 Å². The molecule has 2 fully saturated rings. The van der Waals surface area contributed by atoms with E-state index in [4.69, 9.17) is 4.99 Å². The van der Waals surface area contributed by atoms with Crippen LogP contribution in [0.15, 0.2) is 35.3 Å². The fraction of sp³-hybridized carbons (Fsp3) is 0.579. The average molecular weight is 346 g/mol. The first-order valence-corrected chi connectivity index (χ1v) is 9.83. The first-order chi connectivity index (χ1) is 11.5. The third-order valence-corrected chi connectivity index (χ3v) is 5.34. The van der Waals surface area contributed by atoms with Crippen molar-refractivity contribution in [2.45, 2.75) is 64.5 Å². The van der Waals surface area contributed by atoms with Gasteiger partial charge in [-0.3, -0.25) is 14.8 Å². The van der Waals surface area contributed by atoms with Crippen LogP contribution in [0.4, 0.5) is 10.5 Å². The van der Waals surface area contributed by atoms with Crippen LogP contribution in [-0.4, -0.2) is 33.6 Å². The lowest BCUT2D eigenvalue weighted by atomic mass is 9.94. The van der Waals surface area contributed by atoms with Crippen LogP contribution >= 0.6 is 11.8 Å². The molecule has 130 valence electrons. The maximum atomic E-state index is 13.3. The normalized spacial score (nSPS) is 22.3. The van der Waals surface area contributed by atoms with E-state index in [2.05, 4.69) is 20.8 Å². The molecule has 24 heavy (non-hydrogen) atoms. The van der Waals surface area contributed by atoms with Gasteiger partial charge < -0.3 is 0 Å². The van der Waals surface area contributed by atoms with Crippen molar-refractivity contribution in [2.75, 3.05) is 10.8 Å². The molecule has 0 aromatic heterocycles. The van der Waals surface area contributed by atoms with Gasteiger partial charge in [0.25, 0.3) is 0 Å². The highest BCUT2D eigenvalue weighted by atomic mass is 32.2. The van der Waals surface area contributed by atoms with Gasteiger partial charge in [-0.05, 0) is 45.7 Å². The van der Waals surface area contributed by atoms with E-state index in [0.29, 0.717) is 5.88 Å². The van der Waals surface area contributed by atoms with E-state index in [-0.39, 0.29) is 17.6 Å². The van der Waals surface area contributed by atoms with Crippen LogP contribution in [0.5, 0.6) is 0 Å². The smallest absolute Gasteiger partial charge is 0.284 e. The lowest BCUT2D eigenvalue weighted by molar-refractivity contribution is 0.202. The molecule has 1 saturated heterocycles. The number of nitrogens with zero attached hydrogens (tertiary/aromatic N) is 3. The minimum Gasteiger partial charge on any atom is -0.284 e. The predicted octanol–water partition coefficient (Wildman–Crippen LogP) is 5.11. The number of para-hydroxylation sites is 1. The molecule has 1 aliphatic carbocycles. The lowest BCUT2D eigenvalue weighted by Gasteiger charge is -2.42. The van der Waals surface area contributed by atoms with Crippen molar-refractivity contribution in [1.29, 1.82) is 0 Å². The number of aliphatic imine (C=N–C) groups is 1. The molecule has 0 atom stereocenters. The molecule has 0 spiro atoms. The van der Waals surface area contributed by atoms with Crippen LogP contribution in [0, 0.1) is 0 Å². The Kier molecular flexibility index (Phi) is 5.18. The average Bonchev–Trinajstić information content (AvgIpc) is 2.55. The van der Waals surface area contributed by atoms with Gasteiger partial charge in [-0.25, -0.2) is 4.79 Å². The van der Waals surface area contributed by atoms with Crippen molar-refractivity contribution < 1.29 is 4.79 Å². The summed E-state index contributed by atoms with van der Waals surface area (Å²) in [6, 6.07) is 10.3. The Hall–Kier alpha value is -1.49. The number of carbonyl (C=O) groups excluding carboxylic acids is 1. The Morgan fingerprint density at radius 3 is 2.38 bits per heavy atom. The van der Waals surface area contributed by atoms with E-state index in [0.717, 1.165) is 23.7 Å². The van der Waals surface area contributed by atoms with E-state index in [9.17, 15) is 4.79 Å². The van der Waals surface area contributed by atoms with Gasteiger partial charge in [0.15, 0.2) is 5.17 Å². The Bertz CT molecular complexity index is 603. The summed E-state index contributed by atoms with van der Waals surface area (Å²) >= 11 is 1.68. The Morgan fingerprint density at radius 1 is 1.08 bits per heavy atom. The summed E-state index contributed by atoms with van der Waals surface area (Å²) in [4.78, 5) is 22.0. The lowest BCUT2D eigenvalue weighted by Crippen LogP contribution is -2.55. The van der Waals surface area contributed by atoms with Crippen molar-refractivity contribution >= 4 is 28.6 Å². The molecule has 0 N–H and O–H groups in total. The molecule has 4 nitrogen and oxygen atoms in total. The van der Waals surface area contributed by atoms with Crippen LogP contribution in [0.1, 0.15) is 52.9 Å². The predicted molar refractivity (Wildman–Crippen MR) is 103 cm³/mol. The molecule has 2 aliphatic rings. The van der Waals surface area contributed by atoms with Crippen molar-refractivity contribution in [2.24, 2.45) is 4.99 Å². The summed E-state index contributed by atoms with van der Waals surface area (Å²) in [6.45, 7) is 6.27. The van der Waals surface area contributed by atoms with Gasteiger partial charge in [0.1, 0.15) is 0 Å². The zero-order valence-corrected chi connectivity index (χ0v) is 15.7. The van der Waals surface area contributed by atoms with Gasteiger partial charge in [-0.2, -0.15) is 0 Å². The minimum absolute atomic E-state index is 0.0786. The Labute approximate surface area is 149 Å². The SMILES string of the molecule is CC(C)(C)N=C1SCN(c2ccccc2)C(=O)N1C1CCCCC1. The van der Waals surface area contributed by atoms with E-state index >= 15 is 0 Å². The zero-order chi connectivity index (χ0) is 17.2. The second-order valence-corrected chi connectivity index (χ2v) is 8.46. The highest BCUT2D eigenvalue weighted by Crippen LogP contribution is 2.33. The van der Waals surface area contributed by atoms with E-state index in [1.54, 1.807) is 11.8 Å². The van der Waals surface area contributed by atoms with Gasteiger partial charge in [0.2, 0.25) is 0 Å². The number of amides is 2. The second kappa shape index (κ2) is 7.18. The summed E-state index contributed by atoms with van der Waals surface area (Å²) in [6.07, 6.45) is 5.84. The number of thioether (sulfide) groups is 1. The summed E-state index contributed by atoms with van der Waals surface area (Å²) < 4.78 is 0. The number of rotatable bonds is 2. The molecular formula is C19H27N3OS. The molecule has 1 aromatic rings. The summed E-state index contributed by atoms with van der Waals surface area (Å²) in [7, 11) is 0. The molecule has 1 heterocycles. The molecule has 1 aliphatic heterocycles. The van der Waals surface area contributed by atoms with Crippen LogP contribution < -0.4 is 4.90 Å². The number of hydrogen-bond acceptors (Lipinski definition) is 3. The van der Waals surface area contributed by atoms with Crippen LogP contribution in [0.3, 0.4) is 0 Å². The highest BCUT2D eigenvalue weighted by Gasteiger charge is 2.38. The minimum atomic E-state index is -0.176. The maximum absolute atomic E-state index is 13.3. The van der Waals surface area contributed by atoms with Gasteiger partial charge in [0, 0.05) is 11.7 Å². The van der Waals surface area contributed by atoms with Crippen molar-refractivity contribution in [1.82, 2.24) is 4.90 Å². The quantitative estimate of drug-likeness (QED) is 0.747. The standard InChI is InChI=1S/C19H27N3OS/c1-19(2,3)20-17-22(16-12-8-5-9-13-16)18(23)21(14-24-17)15-10-6-4-7-11-15/h4,6-7,10-11,16H,5,8-9,12-14H2,1-3H3.